The maximum Gasteiger partial charge on any atom is 0.188 e. The number of rotatable bonds is 6. The van der Waals surface area contributed by atoms with Crippen molar-refractivity contribution in [2.24, 2.45) is 0 Å². The molecule has 0 fully saturated rings. The molecule has 0 unspecified atom stereocenters. The first-order chi connectivity index (χ1) is 10.6. The number of ether oxygens (including phenoxy) is 1. The molecule has 2 nitrogen and oxygen atoms in total. The van der Waals surface area contributed by atoms with E-state index in [2.05, 4.69) is 6.58 Å². The van der Waals surface area contributed by atoms with Crippen molar-refractivity contribution in [1.29, 1.82) is 0 Å². The Balaban J connectivity index is 2.07. The summed E-state index contributed by atoms with van der Waals surface area (Å²) in [6.45, 7) is 3.97. The number of ketones is 1. The lowest BCUT2D eigenvalue weighted by molar-refractivity contribution is 0.104. The Hall–Kier alpha value is -2.75. The van der Waals surface area contributed by atoms with Crippen molar-refractivity contribution < 1.29 is 18.3 Å². The van der Waals surface area contributed by atoms with E-state index in [1.54, 1.807) is 36.4 Å². The normalized spacial score (nSPS) is 10.6. The van der Waals surface area contributed by atoms with Crippen LogP contribution in [0.3, 0.4) is 0 Å². The van der Waals surface area contributed by atoms with Crippen LogP contribution in [0.5, 0.6) is 5.75 Å². The summed E-state index contributed by atoms with van der Waals surface area (Å²) in [7, 11) is 0. The van der Waals surface area contributed by atoms with E-state index in [0.717, 1.165) is 17.7 Å². The van der Waals surface area contributed by atoms with Crippen LogP contribution in [0.4, 0.5) is 8.78 Å². The summed E-state index contributed by atoms with van der Waals surface area (Å²) in [5.41, 5.74) is 0.602. The average molecular weight is 300 g/mol. The molecule has 4 heteroatoms. The summed E-state index contributed by atoms with van der Waals surface area (Å²) in [6, 6.07) is 9.91. The zero-order chi connectivity index (χ0) is 15.9. The molecule has 0 amide bonds. The molecule has 22 heavy (non-hydrogen) atoms. The van der Waals surface area contributed by atoms with Gasteiger partial charge >= 0.3 is 0 Å². The molecule has 0 bridgehead atoms. The van der Waals surface area contributed by atoms with Crippen LogP contribution < -0.4 is 4.74 Å². The van der Waals surface area contributed by atoms with Gasteiger partial charge in [0.05, 0.1) is 5.56 Å². The van der Waals surface area contributed by atoms with Crippen LogP contribution in [0.15, 0.2) is 61.2 Å². The Morgan fingerprint density at radius 2 is 1.86 bits per heavy atom. The fourth-order valence-corrected chi connectivity index (χ4v) is 1.78. The minimum absolute atomic E-state index is 0.163. The second kappa shape index (κ2) is 7.31. The Bertz CT molecular complexity index is 704. The highest BCUT2D eigenvalue weighted by Gasteiger charge is 2.09. The van der Waals surface area contributed by atoms with Gasteiger partial charge in [-0.2, -0.15) is 0 Å². The largest absolute Gasteiger partial charge is 0.490 e. The molecule has 0 aromatic heterocycles. The highest BCUT2D eigenvalue weighted by molar-refractivity contribution is 6.06. The maximum absolute atomic E-state index is 13.5. The third-order valence-electron chi connectivity index (χ3n) is 2.87. The molecule has 2 aromatic carbocycles. The van der Waals surface area contributed by atoms with Gasteiger partial charge in [0.15, 0.2) is 5.78 Å². The molecule has 0 aliphatic heterocycles. The summed E-state index contributed by atoms with van der Waals surface area (Å²) in [5, 5.41) is 0. The monoisotopic (exact) mass is 300 g/mol. The molecular formula is C18H14F2O2. The molecule has 2 rings (SSSR count). The Kier molecular flexibility index (Phi) is 5.20. The van der Waals surface area contributed by atoms with Crippen LogP contribution in [0.1, 0.15) is 15.9 Å². The third kappa shape index (κ3) is 4.12. The van der Waals surface area contributed by atoms with Crippen LogP contribution in [0, 0.1) is 11.6 Å². The van der Waals surface area contributed by atoms with Crippen LogP contribution >= 0.6 is 0 Å². The van der Waals surface area contributed by atoms with E-state index in [4.69, 9.17) is 4.74 Å². The molecule has 0 spiro atoms. The van der Waals surface area contributed by atoms with Crippen molar-refractivity contribution in [3.63, 3.8) is 0 Å². The van der Waals surface area contributed by atoms with Gasteiger partial charge in [0.1, 0.15) is 24.0 Å². The molecule has 2 aromatic rings. The van der Waals surface area contributed by atoms with Gasteiger partial charge in [0.25, 0.3) is 0 Å². The van der Waals surface area contributed by atoms with Crippen LogP contribution in [0.2, 0.25) is 0 Å². The van der Waals surface area contributed by atoms with E-state index in [9.17, 15) is 13.6 Å². The van der Waals surface area contributed by atoms with Gasteiger partial charge in [-0.25, -0.2) is 8.78 Å². The van der Waals surface area contributed by atoms with E-state index in [-0.39, 0.29) is 5.56 Å². The molecule has 0 saturated heterocycles. The number of hydrogen-bond donors (Lipinski definition) is 0. The Labute approximate surface area is 127 Å². The highest BCUT2D eigenvalue weighted by atomic mass is 19.1. The number of allylic oxidation sites excluding steroid dienone is 1. The minimum atomic E-state index is -0.872. The average Bonchev–Trinajstić information content (AvgIpc) is 2.51. The van der Waals surface area contributed by atoms with Gasteiger partial charge < -0.3 is 4.74 Å². The summed E-state index contributed by atoms with van der Waals surface area (Å²) in [4.78, 5) is 11.9. The third-order valence-corrected chi connectivity index (χ3v) is 2.87. The number of benzene rings is 2. The molecule has 0 aliphatic carbocycles. The first-order valence-electron chi connectivity index (χ1n) is 6.61. The van der Waals surface area contributed by atoms with Crippen molar-refractivity contribution >= 4 is 11.9 Å². The minimum Gasteiger partial charge on any atom is -0.490 e. The zero-order valence-electron chi connectivity index (χ0n) is 11.8. The number of halogens is 2. The Morgan fingerprint density at radius 1 is 1.14 bits per heavy atom. The quantitative estimate of drug-likeness (QED) is 0.448. The standard InChI is InChI=1S/C18H14F2O2/c1-2-11-22-15-7-3-13(4-8-15)5-10-18(21)16-9-6-14(19)12-17(16)20/h2-10,12H,1,11H2/b10-5+. The van der Waals surface area contributed by atoms with E-state index >= 15 is 0 Å². The molecule has 0 aliphatic rings. The van der Waals surface area contributed by atoms with E-state index in [1.807, 2.05) is 0 Å². The van der Waals surface area contributed by atoms with Crippen molar-refractivity contribution in [2.75, 3.05) is 6.61 Å². The van der Waals surface area contributed by atoms with Crippen LogP contribution in [-0.4, -0.2) is 12.4 Å². The molecule has 0 radical (unpaired) electrons. The fraction of sp³-hybridized carbons (Fsp3) is 0.0556. The van der Waals surface area contributed by atoms with E-state index < -0.39 is 17.4 Å². The summed E-state index contributed by atoms with van der Waals surface area (Å²) >= 11 is 0. The Morgan fingerprint density at radius 3 is 2.50 bits per heavy atom. The zero-order valence-corrected chi connectivity index (χ0v) is 11.8. The molecular weight excluding hydrogens is 286 g/mol. The van der Waals surface area contributed by atoms with Crippen molar-refractivity contribution in [1.82, 2.24) is 0 Å². The van der Waals surface area contributed by atoms with Gasteiger partial charge in [-0.15, -0.1) is 0 Å². The van der Waals surface area contributed by atoms with Crippen molar-refractivity contribution in [2.45, 2.75) is 0 Å². The summed E-state index contributed by atoms with van der Waals surface area (Å²) in [5.74, 6) is -1.42. The molecule has 0 saturated carbocycles. The van der Waals surface area contributed by atoms with Gasteiger partial charge in [0, 0.05) is 6.07 Å². The molecule has 112 valence electrons. The van der Waals surface area contributed by atoms with E-state index in [1.165, 1.54) is 6.08 Å². The SMILES string of the molecule is C=CCOc1ccc(/C=C/C(=O)c2ccc(F)cc2F)cc1. The summed E-state index contributed by atoms with van der Waals surface area (Å²) in [6.07, 6.45) is 4.45. The summed E-state index contributed by atoms with van der Waals surface area (Å²) < 4.78 is 31.6. The predicted molar refractivity (Wildman–Crippen MR) is 81.9 cm³/mol. The predicted octanol–water partition coefficient (Wildman–Crippen LogP) is 4.43. The molecule has 0 heterocycles. The van der Waals surface area contributed by atoms with Crippen molar-refractivity contribution in [3.05, 3.63) is 84.0 Å². The first kappa shape index (κ1) is 15.6. The first-order valence-corrected chi connectivity index (χ1v) is 6.61. The lowest BCUT2D eigenvalue weighted by Crippen LogP contribution is -1.99. The lowest BCUT2D eigenvalue weighted by atomic mass is 10.1. The number of carbonyl (C=O) groups excluding carboxylic acids is 1. The van der Waals surface area contributed by atoms with E-state index in [0.29, 0.717) is 18.4 Å². The van der Waals surface area contributed by atoms with Crippen molar-refractivity contribution in [3.8, 4) is 5.75 Å². The van der Waals surface area contributed by atoms with Crippen LogP contribution in [0.25, 0.3) is 6.08 Å². The second-order valence-electron chi connectivity index (χ2n) is 4.49. The second-order valence-corrected chi connectivity index (χ2v) is 4.49. The number of carbonyl (C=O) groups is 1. The van der Waals surface area contributed by atoms with Gasteiger partial charge in [-0.3, -0.25) is 4.79 Å². The fourth-order valence-electron chi connectivity index (χ4n) is 1.78. The maximum atomic E-state index is 13.5. The van der Waals surface area contributed by atoms with Gasteiger partial charge in [-0.05, 0) is 35.9 Å². The highest BCUT2D eigenvalue weighted by Crippen LogP contribution is 2.15. The van der Waals surface area contributed by atoms with Crippen LogP contribution in [-0.2, 0) is 0 Å². The topological polar surface area (TPSA) is 26.3 Å². The van der Waals surface area contributed by atoms with Gasteiger partial charge in [-0.1, -0.05) is 30.9 Å². The smallest absolute Gasteiger partial charge is 0.188 e. The lowest BCUT2D eigenvalue weighted by Gasteiger charge is -2.02. The molecule has 0 N–H and O–H groups in total. The number of hydrogen-bond acceptors (Lipinski definition) is 2. The van der Waals surface area contributed by atoms with Gasteiger partial charge in [0.2, 0.25) is 0 Å². The molecule has 0 atom stereocenters.